The van der Waals surface area contributed by atoms with Gasteiger partial charge in [-0.3, -0.25) is 9.59 Å². The van der Waals surface area contributed by atoms with Gasteiger partial charge in [-0.15, -0.1) is 0 Å². The summed E-state index contributed by atoms with van der Waals surface area (Å²) >= 11 is 0. The number of Topliss-reactive ketones (excluding diaryl/α,β-unsaturated/α-hetero) is 1. The van der Waals surface area contributed by atoms with E-state index in [1.807, 2.05) is 18.7 Å². The first-order chi connectivity index (χ1) is 8.88. The standard InChI is InChI=1S/C15H26N2O2/c1-15(2)11-17(9-6-13(15)18)14(19)10-12-4-7-16(3)8-5-12/h12H,4-11H2,1-3H3. The van der Waals surface area contributed by atoms with Crippen LogP contribution < -0.4 is 0 Å². The van der Waals surface area contributed by atoms with Crippen LogP contribution in [-0.2, 0) is 9.59 Å². The summed E-state index contributed by atoms with van der Waals surface area (Å²) in [6.07, 6.45) is 3.43. The van der Waals surface area contributed by atoms with Crippen LogP contribution in [0.1, 0.15) is 39.5 Å². The monoisotopic (exact) mass is 266 g/mol. The molecule has 0 aromatic carbocycles. The Morgan fingerprint density at radius 3 is 2.47 bits per heavy atom. The number of nitrogens with zero attached hydrogens (tertiary/aromatic N) is 2. The van der Waals surface area contributed by atoms with Gasteiger partial charge in [0.25, 0.3) is 0 Å². The van der Waals surface area contributed by atoms with Crippen LogP contribution in [0.3, 0.4) is 0 Å². The molecule has 0 bridgehead atoms. The fraction of sp³-hybridized carbons (Fsp3) is 0.867. The van der Waals surface area contributed by atoms with E-state index < -0.39 is 0 Å². The van der Waals surface area contributed by atoms with E-state index in [2.05, 4.69) is 11.9 Å². The van der Waals surface area contributed by atoms with Crippen LogP contribution >= 0.6 is 0 Å². The molecule has 0 aromatic rings. The average Bonchev–Trinajstić information content (AvgIpc) is 2.35. The minimum atomic E-state index is -0.360. The van der Waals surface area contributed by atoms with Crippen molar-refractivity contribution in [3.8, 4) is 0 Å². The summed E-state index contributed by atoms with van der Waals surface area (Å²) in [6, 6.07) is 0. The fourth-order valence-corrected chi connectivity index (χ4v) is 3.07. The van der Waals surface area contributed by atoms with E-state index in [1.54, 1.807) is 0 Å². The topological polar surface area (TPSA) is 40.6 Å². The minimum Gasteiger partial charge on any atom is -0.341 e. The number of hydrogen-bond donors (Lipinski definition) is 0. The van der Waals surface area contributed by atoms with E-state index in [4.69, 9.17) is 0 Å². The third-order valence-corrected chi connectivity index (χ3v) is 4.60. The van der Waals surface area contributed by atoms with Crippen LogP contribution in [0.4, 0.5) is 0 Å². The SMILES string of the molecule is CN1CCC(CC(=O)N2CCC(=O)C(C)(C)C2)CC1. The molecule has 0 aliphatic carbocycles. The van der Waals surface area contributed by atoms with Gasteiger partial charge in [-0.2, -0.15) is 0 Å². The van der Waals surface area contributed by atoms with E-state index in [0.29, 0.717) is 31.8 Å². The molecule has 0 aromatic heterocycles. The van der Waals surface area contributed by atoms with Crippen LogP contribution in [0.2, 0.25) is 0 Å². The molecule has 2 aliphatic rings. The van der Waals surface area contributed by atoms with Crippen LogP contribution in [0.15, 0.2) is 0 Å². The highest BCUT2D eigenvalue weighted by Crippen LogP contribution is 2.27. The third kappa shape index (κ3) is 3.56. The molecule has 19 heavy (non-hydrogen) atoms. The molecule has 2 rings (SSSR count). The Morgan fingerprint density at radius 1 is 1.26 bits per heavy atom. The highest BCUT2D eigenvalue weighted by atomic mass is 16.2. The molecule has 4 nitrogen and oxygen atoms in total. The van der Waals surface area contributed by atoms with Crippen molar-refractivity contribution in [2.45, 2.75) is 39.5 Å². The van der Waals surface area contributed by atoms with Gasteiger partial charge in [-0.25, -0.2) is 0 Å². The number of piperidine rings is 2. The molecule has 0 radical (unpaired) electrons. The second-order valence-corrected chi connectivity index (χ2v) is 6.82. The lowest BCUT2D eigenvalue weighted by Crippen LogP contribution is -2.49. The summed E-state index contributed by atoms with van der Waals surface area (Å²) in [5, 5.41) is 0. The molecule has 1 amide bonds. The van der Waals surface area contributed by atoms with Gasteiger partial charge in [-0.05, 0) is 38.9 Å². The number of ketones is 1. The number of amides is 1. The summed E-state index contributed by atoms with van der Waals surface area (Å²) < 4.78 is 0. The van der Waals surface area contributed by atoms with Crippen molar-refractivity contribution in [2.24, 2.45) is 11.3 Å². The lowest BCUT2D eigenvalue weighted by atomic mass is 9.82. The number of carbonyl (C=O) groups excluding carboxylic acids is 2. The molecule has 2 heterocycles. The Balaban J connectivity index is 1.85. The predicted octanol–water partition coefficient (Wildman–Crippen LogP) is 1.55. The summed E-state index contributed by atoms with van der Waals surface area (Å²) in [4.78, 5) is 28.3. The lowest BCUT2D eigenvalue weighted by molar-refractivity contribution is -0.141. The highest BCUT2D eigenvalue weighted by Gasteiger charge is 2.36. The van der Waals surface area contributed by atoms with E-state index in [1.165, 1.54) is 0 Å². The van der Waals surface area contributed by atoms with Crippen molar-refractivity contribution in [3.05, 3.63) is 0 Å². The van der Waals surface area contributed by atoms with Crippen molar-refractivity contribution in [3.63, 3.8) is 0 Å². The van der Waals surface area contributed by atoms with Gasteiger partial charge in [0.05, 0.1) is 0 Å². The number of carbonyl (C=O) groups is 2. The highest BCUT2D eigenvalue weighted by molar-refractivity contribution is 5.87. The van der Waals surface area contributed by atoms with Gasteiger partial charge >= 0.3 is 0 Å². The molecular weight excluding hydrogens is 240 g/mol. The molecule has 108 valence electrons. The molecule has 0 N–H and O–H groups in total. The van der Waals surface area contributed by atoms with Crippen LogP contribution in [0.25, 0.3) is 0 Å². The van der Waals surface area contributed by atoms with Crippen molar-refractivity contribution in [1.29, 1.82) is 0 Å². The molecule has 2 aliphatic heterocycles. The second kappa shape index (κ2) is 5.61. The van der Waals surface area contributed by atoms with Crippen LogP contribution in [-0.4, -0.2) is 54.7 Å². The number of hydrogen-bond acceptors (Lipinski definition) is 3. The predicted molar refractivity (Wildman–Crippen MR) is 74.8 cm³/mol. The zero-order chi connectivity index (χ0) is 14.0. The first kappa shape index (κ1) is 14.5. The zero-order valence-corrected chi connectivity index (χ0v) is 12.4. The Hall–Kier alpha value is -0.900. The van der Waals surface area contributed by atoms with Gasteiger partial charge in [0, 0.05) is 31.3 Å². The summed E-state index contributed by atoms with van der Waals surface area (Å²) in [7, 11) is 2.14. The van der Waals surface area contributed by atoms with Crippen molar-refractivity contribution < 1.29 is 9.59 Å². The molecule has 2 saturated heterocycles. The van der Waals surface area contributed by atoms with Gasteiger partial charge in [0.2, 0.25) is 5.91 Å². The Bertz CT molecular complexity index is 357. The maximum absolute atomic E-state index is 12.3. The average molecular weight is 266 g/mol. The molecule has 0 atom stereocenters. The summed E-state index contributed by atoms with van der Waals surface area (Å²) in [5.41, 5.74) is -0.360. The van der Waals surface area contributed by atoms with Gasteiger partial charge in [0.15, 0.2) is 0 Å². The first-order valence-electron chi connectivity index (χ1n) is 7.38. The first-order valence-corrected chi connectivity index (χ1v) is 7.38. The lowest BCUT2D eigenvalue weighted by Gasteiger charge is -2.38. The largest absolute Gasteiger partial charge is 0.341 e. The molecule has 2 fully saturated rings. The molecule has 4 heteroatoms. The molecular formula is C15H26N2O2. The van der Waals surface area contributed by atoms with E-state index in [9.17, 15) is 9.59 Å². The normalized spacial score (nSPS) is 25.6. The number of likely N-dealkylation sites (tertiary alicyclic amines) is 2. The maximum Gasteiger partial charge on any atom is 0.222 e. The molecule has 0 unspecified atom stereocenters. The van der Waals surface area contributed by atoms with Gasteiger partial charge in [-0.1, -0.05) is 13.8 Å². The van der Waals surface area contributed by atoms with E-state index >= 15 is 0 Å². The quantitative estimate of drug-likeness (QED) is 0.761. The summed E-state index contributed by atoms with van der Waals surface area (Å²) in [6.45, 7) is 7.31. The van der Waals surface area contributed by atoms with Crippen molar-refractivity contribution in [1.82, 2.24) is 9.80 Å². The Labute approximate surface area is 116 Å². The van der Waals surface area contributed by atoms with Gasteiger partial charge < -0.3 is 9.80 Å². The Kier molecular flexibility index (Phi) is 4.29. The van der Waals surface area contributed by atoms with E-state index in [-0.39, 0.29) is 17.1 Å². The van der Waals surface area contributed by atoms with E-state index in [0.717, 1.165) is 25.9 Å². The van der Waals surface area contributed by atoms with Gasteiger partial charge in [0.1, 0.15) is 5.78 Å². The number of rotatable bonds is 2. The minimum absolute atomic E-state index is 0.245. The second-order valence-electron chi connectivity index (χ2n) is 6.82. The Morgan fingerprint density at radius 2 is 1.89 bits per heavy atom. The smallest absolute Gasteiger partial charge is 0.222 e. The zero-order valence-electron chi connectivity index (χ0n) is 12.4. The fourth-order valence-electron chi connectivity index (χ4n) is 3.07. The van der Waals surface area contributed by atoms with Crippen molar-refractivity contribution in [2.75, 3.05) is 33.2 Å². The van der Waals surface area contributed by atoms with Crippen LogP contribution in [0.5, 0.6) is 0 Å². The van der Waals surface area contributed by atoms with Crippen molar-refractivity contribution >= 4 is 11.7 Å². The molecule has 0 spiro atoms. The molecule has 0 saturated carbocycles. The van der Waals surface area contributed by atoms with Crippen LogP contribution in [0, 0.1) is 11.3 Å². The summed E-state index contributed by atoms with van der Waals surface area (Å²) in [5.74, 6) is 1.07. The maximum atomic E-state index is 12.3. The third-order valence-electron chi connectivity index (χ3n) is 4.60.